The lowest BCUT2D eigenvalue weighted by Crippen LogP contribution is -2.50. The normalized spacial score (nSPS) is 15.4. The van der Waals surface area contributed by atoms with E-state index in [9.17, 15) is 4.79 Å². The number of benzene rings is 3. The number of fused-ring (bicyclic) bond motifs is 1. The van der Waals surface area contributed by atoms with Crippen molar-refractivity contribution in [3.8, 4) is 0 Å². The molecule has 6 nitrogen and oxygen atoms in total. The Hall–Kier alpha value is -3.90. The molecule has 0 saturated heterocycles. The van der Waals surface area contributed by atoms with Crippen LogP contribution >= 0.6 is 0 Å². The summed E-state index contributed by atoms with van der Waals surface area (Å²) in [6, 6.07) is 30.2. The van der Waals surface area contributed by atoms with E-state index in [1.807, 2.05) is 97.0 Å². The molecule has 1 aliphatic heterocycles. The molecule has 2 heterocycles. The Bertz CT molecular complexity index is 1230. The average Bonchev–Trinajstić information content (AvgIpc) is 3.29. The Balaban J connectivity index is 1.58. The molecular formula is C28H28N4O2. The van der Waals surface area contributed by atoms with Crippen LogP contribution in [0, 0.1) is 0 Å². The minimum Gasteiger partial charge on any atom is -0.352 e. The van der Waals surface area contributed by atoms with E-state index in [2.05, 4.69) is 16.7 Å². The zero-order valence-corrected chi connectivity index (χ0v) is 19.2. The number of nitrogens with zero attached hydrogens (tertiary/aromatic N) is 4. The molecule has 1 atom stereocenters. The Morgan fingerprint density at radius 2 is 1.29 bits per heavy atom. The molecule has 0 saturated carbocycles. The van der Waals surface area contributed by atoms with Crippen LogP contribution in [0.3, 0.4) is 0 Å². The van der Waals surface area contributed by atoms with Crippen LogP contribution in [0.5, 0.6) is 0 Å². The fourth-order valence-corrected chi connectivity index (χ4v) is 4.41. The second-order valence-electron chi connectivity index (χ2n) is 8.34. The van der Waals surface area contributed by atoms with Crippen LogP contribution in [0.25, 0.3) is 0 Å². The minimum absolute atomic E-state index is 0.108. The first-order chi connectivity index (χ1) is 16.7. The summed E-state index contributed by atoms with van der Waals surface area (Å²) in [7, 11) is 0. The molecule has 5 rings (SSSR count). The Kier molecular flexibility index (Phi) is 6.40. The van der Waals surface area contributed by atoms with Gasteiger partial charge in [-0.15, -0.1) is 0 Å². The maximum Gasteiger partial charge on any atom is 0.328 e. The van der Waals surface area contributed by atoms with Gasteiger partial charge in [0.05, 0.1) is 19.4 Å². The maximum absolute atomic E-state index is 13.9. The first-order valence-corrected chi connectivity index (χ1v) is 11.6. The zero-order chi connectivity index (χ0) is 23.3. The van der Waals surface area contributed by atoms with Crippen LogP contribution in [0.4, 0.5) is 10.6 Å². The van der Waals surface area contributed by atoms with Crippen molar-refractivity contribution in [2.45, 2.75) is 32.8 Å². The van der Waals surface area contributed by atoms with E-state index in [-0.39, 0.29) is 6.03 Å². The van der Waals surface area contributed by atoms with E-state index < -0.39 is 6.23 Å². The molecule has 1 aliphatic rings. The van der Waals surface area contributed by atoms with Gasteiger partial charge in [0.1, 0.15) is 5.69 Å². The third kappa shape index (κ3) is 4.45. The summed E-state index contributed by atoms with van der Waals surface area (Å²) in [4.78, 5) is 22.2. The van der Waals surface area contributed by atoms with Crippen LogP contribution in [0.2, 0.25) is 0 Å². The van der Waals surface area contributed by atoms with Crippen molar-refractivity contribution in [1.29, 1.82) is 0 Å². The average molecular weight is 453 g/mol. The predicted octanol–water partition coefficient (Wildman–Crippen LogP) is 5.61. The molecule has 34 heavy (non-hydrogen) atoms. The second kappa shape index (κ2) is 9.93. The number of amides is 2. The van der Waals surface area contributed by atoms with Crippen LogP contribution in [-0.4, -0.2) is 27.1 Å². The van der Waals surface area contributed by atoms with Crippen LogP contribution in [0.15, 0.2) is 97.3 Å². The molecule has 0 aliphatic carbocycles. The molecule has 0 radical (unpaired) electrons. The predicted molar refractivity (Wildman–Crippen MR) is 132 cm³/mol. The first-order valence-electron chi connectivity index (χ1n) is 11.6. The van der Waals surface area contributed by atoms with Gasteiger partial charge in [-0.05, 0) is 23.6 Å². The number of hydrogen-bond donors (Lipinski definition) is 0. The number of urea groups is 1. The molecule has 4 aromatic rings. The van der Waals surface area contributed by atoms with Gasteiger partial charge in [0.25, 0.3) is 0 Å². The van der Waals surface area contributed by atoms with Gasteiger partial charge in [0, 0.05) is 13.2 Å². The molecule has 0 spiro atoms. The van der Waals surface area contributed by atoms with Crippen molar-refractivity contribution < 1.29 is 9.53 Å². The molecule has 1 aromatic heterocycles. The highest BCUT2D eigenvalue weighted by Crippen LogP contribution is 2.38. The maximum atomic E-state index is 13.9. The van der Waals surface area contributed by atoms with Crippen LogP contribution in [-0.2, 0) is 24.4 Å². The Morgan fingerprint density at radius 1 is 0.765 bits per heavy atom. The highest BCUT2D eigenvalue weighted by molar-refractivity contribution is 5.94. The number of carbonyl (C=O) groups is 1. The van der Waals surface area contributed by atoms with Gasteiger partial charge in [-0.25, -0.2) is 9.78 Å². The summed E-state index contributed by atoms with van der Waals surface area (Å²) >= 11 is 0. The van der Waals surface area contributed by atoms with Gasteiger partial charge in [0.2, 0.25) is 0 Å². The summed E-state index contributed by atoms with van der Waals surface area (Å²) in [5.74, 6) is 0.660. The second-order valence-corrected chi connectivity index (χ2v) is 8.34. The topological polar surface area (TPSA) is 50.6 Å². The summed E-state index contributed by atoms with van der Waals surface area (Å²) in [5, 5.41) is 0. The van der Waals surface area contributed by atoms with E-state index in [4.69, 9.17) is 9.72 Å². The third-order valence-electron chi connectivity index (χ3n) is 6.01. The highest BCUT2D eigenvalue weighted by atomic mass is 16.5. The SMILES string of the molecule is CCOC1c2c(ncn2Cc2ccccc2)N(Cc2ccccc2)C(=O)N1Cc1ccccc1. The number of imidazole rings is 1. The largest absolute Gasteiger partial charge is 0.352 e. The third-order valence-corrected chi connectivity index (χ3v) is 6.01. The van der Waals surface area contributed by atoms with Crippen molar-refractivity contribution in [2.24, 2.45) is 0 Å². The van der Waals surface area contributed by atoms with E-state index in [1.165, 1.54) is 5.56 Å². The summed E-state index contributed by atoms with van der Waals surface area (Å²) in [6.07, 6.45) is 1.30. The van der Waals surface area contributed by atoms with Gasteiger partial charge in [-0.3, -0.25) is 9.80 Å². The van der Waals surface area contributed by atoms with Crippen molar-refractivity contribution in [3.63, 3.8) is 0 Å². The van der Waals surface area contributed by atoms with Crippen molar-refractivity contribution >= 4 is 11.8 Å². The lowest BCUT2D eigenvalue weighted by atomic mass is 10.1. The Labute approximate surface area is 200 Å². The smallest absolute Gasteiger partial charge is 0.328 e. The number of ether oxygens (including phenoxy) is 1. The van der Waals surface area contributed by atoms with E-state index in [0.29, 0.717) is 32.1 Å². The van der Waals surface area contributed by atoms with Crippen LogP contribution in [0.1, 0.15) is 35.5 Å². The fraction of sp³-hybridized carbons (Fsp3) is 0.214. The number of carbonyl (C=O) groups excluding carboxylic acids is 1. The molecular weight excluding hydrogens is 424 g/mol. The molecule has 1 unspecified atom stereocenters. The molecule has 172 valence electrons. The molecule has 0 N–H and O–H groups in total. The van der Waals surface area contributed by atoms with Crippen molar-refractivity contribution in [3.05, 3.63) is 120 Å². The summed E-state index contributed by atoms with van der Waals surface area (Å²) < 4.78 is 8.32. The first kappa shape index (κ1) is 21.9. The number of hydrogen-bond acceptors (Lipinski definition) is 3. The molecule has 0 fully saturated rings. The summed E-state index contributed by atoms with van der Waals surface area (Å²) in [6.45, 7) is 3.99. The van der Waals surface area contributed by atoms with Gasteiger partial charge in [-0.1, -0.05) is 91.0 Å². The monoisotopic (exact) mass is 452 g/mol. The standard InChI is InChI=1S/C28H28N4O2/c1-2-34-27-25-26(29-21-30(25)18-22-12-6-3-7-13-22)31(19-23-14-8-4-9-15-23)28(33)32(27)20-24-16-10-5-11-17-24/h3-17,21,27H,2,18-20H2,1H3. The van der Waals surface area contributed by atoms with E-state index >= 15 is 0 Å². The zero-order valence-electron chi connectivity index (χ0n) is 19.2. The van der Waals surface area contributed by atoms with Gasteiger partial charge in [-0.2, -0.15) is 0 Å². The fourth-order valence-electron chi connectivity index (χ4n) is 4.41. The number of anilines is 1. The number of aromatic nitrogens is 2. The lowest BCUT2D eigenvalue weighted by Gasteiger charge is -2.40. The highest BCUT2D eigenvalue weighted by Gasteiger charge is 2.41. The molecule has 2 amide bonds. The quantitative estimate of drug-likeness (QED) is 0.349. The lowest BCUT2D eigenvalue weighted by molar-refractivity contribution is -0.0449. The van der Waals surface area contributed by atoms with Crippen molar-refractivity contribution in [2.75, 3.05) is 11.5 Å². The minimum atomic E-state index is -0.522. The summed E-state index contributed by atoms with van der Waals surface area (Å²) in [5.41, 5.74) is 4.17. The molecule has 6 heteroatoms. The van der Waals surface area contributed by atoms with Gasteiger partial charge in [0.15, 0.2) is 12.0 Å². The molecule has 3 aromatic carbocycles. The van der Waals surface area contributed by atoms with Crippen LogP contribution < -0.4 is 4.90 Å². The van der Waals surface area contributed by atoms with E-state index in [1.54, 1.807) is 4.90 Å². The van der Waals surface area contributed by atoms with Gasteiger partial charge < -0.3 is 9.30 Å². The number of rotatable bonds is 8. The molecule has 0 bridgehead atoms. The van der Waals surface area contributed by atoms with Crippen molar-refractivity contribution in [1.82, 2.24) is 14.5 Å². The van der Waals surface area contributed by atoms with Gasteiger partial charge >= 0.3 is 6.03 Å². The van der Waals surface area contributed by atoms with E-state index in [0.717, 1.165) is 16.8 Å². The Morgan fingerprint density at radius 3 is 1.85 bits per heavy atom.